The number of hydrogen-bond donors (Lipinski definition) is 9. The van der Waals surface area contributed by atoms with Crippen molar-refractivity contribution in [3.05, 3.63) is 33.1 Å². The van der Waals surface area contributed by atoms with Crippen LogP contribution in [-0.4, -0.2) is 111 Å². The summed E-state index contributed by atoms with van der Waals surface area (Å²) in [7, 11) is -11.0. The van der Waals surface area contributed by atoms with Crippen molar-refractivity contribution in [1.82, 2.24) is 14.9 Å². The Morgan fingerprint density at radius 2 is 1.79 bits per heavy atom. The van der Waals surface area contributed by atoms with Crippen molar-refractivity contribution in [2.75, 3.05) is 13.2 Å². The summed E-state index contributed by atoms with van der Waals surface area (Å²) in [6.07, 6.45) is -9.03. The number of phosphoric ester groups is 2. The molecule has 222 valence electrons. The molecule has 0 radical (unpaired) electrons. The second-order valence-electron chi connectivity index (χ2n) is 8.42. The van der Waals surface area contributed by atoms with Crippen LogP contribution >= 0.6 is 27.4 Å². The van der Waals surface area contributed by atoms with E-state index in [-0.39, 0.29) is 0 Å². The monoisotopic (exact) mass is 623 g/mol. The molecule has 9 N–H and O–H groups in total. The van der Waals surface area contributed by atoms with Crippen LogP contribution in [-0.2, 0) is 32.0 Å². The molecule has 3 heterocycles. The van der Waals surface area contributed by atoms with Gasteiger partial charge >= 0.3 is 21.3 Å². The van der Waals surface area contributed by atoms with E-state index in [4.69, 9.17) is 9.26 Å². The lowest BCUT2D eigenvalue weighted by Crippen LogP contribution is -2.60. The van der Waals surface area contributed by atoms with Gasteiger partial charge in [-0.3, -0.25) is 28.2 Å². The molecule has 39 heavy (non-hydrogen) atoms. The molecule has 3 rings (SSSR count). The quantitative estimate of drug-likeness (QED) is 0.112. The van der Waals surface area contributed by atoms with Gasteiger partial charge in [0.25, 0.3) is 5.56 Å². The predicted octanol–water partition coefficient (Wildman–Crippen LogP) is -3.93. The SMILES string of the molecule is CC(=O)N[C@H]1C(O)C(O)C(CO)S[C@H]1OP(=O)(O)OP(=O)(O)OC[C@H]1O[C@@H](n2ccc(=O)[nH]c2=O)[C@H](O)[C@@H]1O. The number of ether oxygens (including phenoxy) is 1. The molecule has 1 aromatic heterocycles. The summed E-state index contributed by atoms with van der Waals surface area (Å²) >= 11 is 0.529. The number of H-pyrrole nitrogens is 1. The maximum Gasteiger partial charge on any atom is 0.482 e. The van der Waals surface area contributed by atoms with E-state index in [1.165, 1.54) is 0 Å². The van der Waals surface area contributed by atoms with Gasteiger partial charge in [-0.25, -0.2) is 13.9 Å². The Bertz CT molecular complexity index is 1240. The van der Waals surface area contributed by atoms with Crippen LogP contribution < -0.4 is 16.6 Å². The maximum atomic E-state index is 12.5. The molecule has 2 aliphatic heterocycles. The molecule has 0 aromatic carbocycles. The first kappa shape index (κ1) is 32.0. The van der Waals surface area contributed by atoms with E-state index in [1.807, 2.05) is 4.98 Å². The van der Waals surface area contributed by atoms with E-state index < -0.39 is 99.5 Å². The minimum absolute atomic E-state index is 0.529. The molecule has 0 saturated carbocycles. The van der Waals surface area contributed by atoms with Crippen LogP contribution in [0.1, 0.15) is 13.2 Å². The molecule has 2 saturated heterocycles. The van der Waals surface area contributed by atoms with Gasteiger partial charge in [-0.05, 0) is 0 Å². The van der Waals surface area contributed by atoms with E-state index in [0.29, 0.717) is 11.8 Å². The number of nitrogens with zero attached hydrogens (tertiary/aromatic N) is 1. The fourth-order valence-corrected chi connectivity index (χ4v) is 7.55. The van der Waals surface area contributed by atoms with E-state index in [2.05, 4.69) is 14.2 Å². The topological polar surface area (TPSA) is 297 Å². The average Bonchev–Trinajstić information content (AvgIpc) is 3.10. The van der Waals surface area contributed by atoms with Crippen molar-refractivity contribution < 1.29 is 67.3 Å². The van der Waals surface area contributed by atoms with Crippen molar-refractivity contribution in [3.8, 4) is 0 Å². The van der Waals surface area contributed by atoms with Gasteiger partial charge in [0.1, 0.15) is 29.9 Å². The molecule has 0 bridgehead atoms. The Balaban J connectivity index is 1.66. The fourth-order valence-electron chi connectivity index (χ4n) is 3.76. The van der Waals surface area contributed by atoms with Crippen LogP contribution in [0.2, 0.25) is 0 Å². The molecule has 5 unspecified atom stereocenters. The standard InChI is InChI=1S/C17H27N3O16P2S/c1-6(22)18-10-13(26)12(25)8(4-21)39-16(10)35-38(31,32)36-37(29,30)33-5-7-11(24)14(27)15(34-7)20-3-2-9(23)19-17(20)28/h2-3,7-8,10-16,21,24-27H,4-5H2,1H3,(H,18,22)(H,29,30)(H,31,32)(H,19,23,28)/t7-,8?,10+,11-,12?,13?,14-,15-,16-/m1/s1. The summed E-state index contributed by atoms with van der Waals surface area (Å²) in [5, 5.41) is 51.2. The third-order valence-electron chi connectivity index (χ3n) is 5.56. The molecule has 2 aliphatic rings. The number of rotatable bonds is 10. The smallest absolute Gasteiger partial charge is 0.395 e. The first-order valence-corrected chi connectivity index (χ1v) is 14.9. The number of phosphoric acid groups is 2. The van der Waals surface area contributed by atoms with Gasteiger partial charge in [-0.2, -0.15) is 4.31 Å². The van der Waals surface area contributed by atoms with E-state index in [0.717, 1.165) is 23.8 Å². The summed E-state index contributed by atoms with van der Waals surface area (Å²) in [6.45, 7) is -0.682. The van der Waals surface area contributed by atoms with Crippen LogP contribution in [0.4, 0.5) is 0 Å². The number of carbonyl (C=O) groups excluding carboxylic acids is 1. The van der Waals surface area contributed by atoms with Gasteiger partial charge in [0, 0.05) is 19.2 Å². The average molecular weight is 623 g/mol. The molecule has 0 aliphatic carbocycles. The van der Waals surface area contributed by atoms with E-state index >= 15 is 0 Å². The number of hydrogen-bond acceptors (Lipinski definition) is 15. The maximum absolute atomic E-state index is 12.5. The van der Waals surface area contributed by atoms with Crippen LogP contribution in [0.15, 0.2) is 21.9 Å². The molecule has 1 aromatic rings. The minimum atomic E-state index is -5.52. The summed E-state index contributed by atoms with van der Waals surface area (Å²) in [6, 6.07) is -0.573. The second kappa shape index (κ2) is 12.6. The molecule has 0 spiro atoms. The van der Waals surface area contributed by atoms with Gasteiger partial charge < -0.3 is 45.4 Å². The number of thioether (sulfide) groups is 1. The van der Waals surface area contributed by atoms with Gasteiger partial charge in [-0.1, -0.05) is 0 Å². The third kappa shape index (κ3) is 7.84. The summed E-state index contributed by atoms with van der Waals surface area (Å²) in [5.41, 5.74) is -3.40. The van der Waals surface area contributed by atoms with Gasteiger partial charge in [-0.15, -0.1) is 11.8 Å². The zero-order valence-electron chi connectivity index (χ0n) is 19.8. The molecule has 2 fully saturated rings. The van der Waals surface area contributed by atoms with Crippen molar-refractivity contribution >= 4 is 33.3 Å². The lowest BCUT2D eigenvalue weighted by molar-refractivity contribution is -0.122. The molecule has 11 atom stereocenters. The van der Waals surface area contributed by atoms with E-state index in [1.54, 1.807) is 0 Å². The zero-order chi connectivity index (χ0) is 29.3. The van der Waals surface area contributed by atoms with Crippen LogP contribution in [0.3, 0.4) is 0 Å². The summed E-state index contributed by atoms with van der Waals surface area (Å²) in [5.74, 6) is -0.729. The van der Waals surface area contributed by atoms with Gasteiger partial charge in [0.15, 0.2) is 6.23 Å². The van der Waals surface area contributed by atoms with Gasteiger partial charge in [0.05, 0.1) is 30.6 Å². The Morgan fingerprint density at radius 1 is 1.13 bits per heavy atom. The number of aromatic amines is 1. The first-order chi connectivity index (χ1) is 18.0. The first-order valence-electron chi connectivity index (χ1n) is 11.0. The second-order valence-corrected chi connectivity index (χ2v) is 12.8. The van der Waals surface area contributed by atoms with Crippen molar-refractivity contribution in [2.24, 2.45) is 0 Å². The molecular weight excluding hydrogens is 596 g/mol. The van der Waals surface area contributed by atoms with Crippen LogP contribution in [0, 0.1) is 0 Å². The molecular formula is C17H27N3O16P2S. The Kier molecular flexibility index (Phi) is 10.3. The van der Waals surface area contributed by atoms with Crippen LogP contribution in [0.25, 0.3) is 0 Å². The highest BCUT2D eigenvalue weighted by Gasteiger charge is 2.50. The number of amides is 1. The highest BCUT2D eigenvalue weighted by Crippen LogP contribution is 2.62. The number of aliphatic hydroxyl groups excluding tert-OH is 5. The number of aromatic nitrogens is 2. The Labute approximate surface area is 222 Å². The highest BCUT2D eigenvalue weighted by atomic mass is 32.2. The normalized spacial score (nSPS) is 36.2. The van der Waals surface area contributed by atoms with Crippen molar-refractivity contribution in [3.63, 3.8) is 0 Å². The lowest BCUT2D eigenvalue weighted by atomic mass is 10.0. The lowest BCUT2D eigenvalue weighted by Gasteiger charge is -2.41. The predicted molar refractivity (Wildman–Crippen MR) is 127 cm³/mol. The van der Waals surface area contributed by atoms with Gasteiger partial charge in [0.2, 0.25) is 5.91 Å². The van der Waals surface area contributed by atoms with Crippen LogP contribution in [0.5, 0.6) is 0 Å². The Hall–Kier alpha value is -1.48. The van der Waals surface area contributed by atoms with Crippen molar-refractivity contribution in [2.45, 2.75) is 60.4 Å². The molecule has 1 amide bonds. The highest BCUT2D eigenvalue weighted by molar-refractivity contribution is 8.00. The van der Waals surface area contributed by atoms with E-state index in [9.17, 15) is 58.8 Å². The summed E-state index contributed by atoms with van der Waals surface area (Å²) < 4.78 is 44.5. The Morgan fingerprint density at radius 3 is 2.38 bits per heavy atom. The molecule has 22 heteroatoms. The van der Waals surface area contributed by atoms with Crippen molar-refractivity contribution in [1.29, 1.82) is 0 Å². The minimum Gasteiger partial charge on any atom is -0.395 e. The largest absolute Gasteiger partial charge is 0.482 e. The third-order valence-corrected chi connectivity index (χ3v) is 9.76. The zero-order valence-corrected chi connectivity index (χ0v) is 22.4. The number of aliphatic hydroxyl groups is 5. The summed E-state index contributed by atoms with van der Waals surface area (Å²) in [4.78, 5) is 56.6. The fraction of sp³-hybridized carbons (Fsp3) is 0.706. The number of carbonyl (C=O) groups is 1. The number of nitrogens with one attached hydrogen (secondary N) is 2. The molecule has 19 nitrogen and oxygen atoms in total.